The lowest BCUT2D eigenvalue weighted by atomic mass is 10.0. The minimum absolute atomic E-state index is 0.0428. The number of aliphatic carboxylic acids is 1. The highest BCUT2D eigenvalue weighted by molar-refractivity contribution is 5.70. The first-order valence-electron chi connectivity index (χ1n) is 24.2. The quantitative estimate of drug-likeness (QED) is 0.0261. The molecular formula is C49H93NO7. The van der Waals surface area contributed by atoms with E-state index in [0.29, 0.717) is 12.8 Å². The molecule has 0 saturated carbocycles. The molecule has 0 bridgehead atoms. The number of hydrogen-bond donors (Lipinski definition) is 0. The van der Waals surface area contributed by atoms with Gasteiger partial charge in [-0.3, -0.25) is 9.59 Å². The van der Waals surface area contributed by atoms with E-state index >= 15 is 0 Å². The number of unbranched alkanes of at least 4 members (excludes halogenated alkanes) is 28. The van der Waals surface area contributed by atoms with Crippen molar-refractivity contribution in [1.82, 2.24) is 0 Å². The van der Waals surface area contributed by atoms with Gasteiger partial charge < -0.3 is 28.6 Å². The fourth-order valence-electron chi connectivity index (χ4n) is 7.35. The van der Waals surface area contributed by atoms with Crippen molar-refractivity contribution in [2.45, 2.75) is 244 Å². The summed E-state index contributed by atoms with van der Waals surface area (Å²) in [6.07, 6.45) is 44.0. The fraction of sp³-hybridized carbons (Fsp3) is 0.898. The number of carboxylic acid groups (broad SMARTS) is 1. The van der Waals surface area contributed by atoms with Crippen molar-refractivity contribution in [3.05, 3.63) is 12.2 Å². The van der Waals surface area contributed by atoms with E-state index in [4.69, 9.17) is 14.2 Å². The average Bonchev–Trinajstić information content (AvgIpc) is 3.17. The van der Waals surface area contributed by atoms with Gasteiger partial charge in [0.1, 0.15) is 12.6 Å². The summed E-state index contributed by atoms with van der Waals surface area (Å²) in [7, 11) is 5.41. The van der Waals surface area contributed by atoms with E-state index in [9.17, 15) is 19.5 Å². The Morgan fingerprint density at radius 3 is 1.32 bits per heavy atom. The zero-order chi connectivity index (χ0) is 42.1. The third-order valence-electron chi connectivity index (χ3n) is 11.2. The zero-order valence-corrected chi connectivity index (χ0v) is 38.3. The van der Waals surface area contributed by atoms with E-state index in [1.165, 1.54) is 141 Å². The lowest BCUT2D eigenvalue weighted by Gasteiger charge is -2.34. The molecule has 0 aliphatic carbocycles. The maximum Gasteiger partial charge on any atom is 0.306 e. The Kier molecular flexibility index (Phi) is 39.4. The molecule has 57 heavy (non-hydrogen) atoms. The lowest BCUT2D eigenvalue weighted by Crippen LogP contribution is -2.55. The summed E-state index contributed by atoms with van der Waals surface area (Å²) in [5, 5.41) is 11.6. The molecule has 0 spiro atoms. The van der Waals surface area contributed by atoms with Gasteiger partial charge in [-0.1, -0.05) is 193 Å². The lowest BCUT2D eigenvalue weighted by molar-refractivity contribution is -0.889. The van der Waals surface area contributed by atoms with Crippen LogP contribution < -0.4 is 5.11 Å². The van der Waals surface area contributed by atoms with Crippen molar-refractivity contribution < 1.29 is 38.2 Å². The summed E-state index contributed by atoms with van der Waals surface area (Å²) < 4.78 is 17.2. The molecule has 0 heterocycles. The normalized spacial score (nSPS) is 12.9. The molecule has 0 N–H and O–H groups in total. The highest BCUT2D eigenvalue weighted by Gasteiger charge is 2.25. The van der Waals surface area contributed by atoms with Crippen LogP contribution >= 0.6 is 0 Å². The van der Waals surface area contributed by atoms with Gasteiger partial charge in [-0.2, -0.15) is 0 Å². The van der Waals surface area contributed by atoms with Crippen LogP contribution in [0.4, 0.5) is 0 Å². The van der Waals surface area contributed by atoms with Crippen molar-refractivity contribution in [2.24, 2.45) is 0 Å². The van der Waals surface area contributed by atoms with Gasteiger partial charge in [0.15, 0.2) is 6.10 Å². The highest BCUT2D eigenvalue weighted by Crippen LogP contribution is 2.16. The van der Waals surface area contributed by atoms with Gasteiger partial charge >= 0.3 is 11.9 Å². The Labute approximate surface area is 352 Å². The van der Waals surface area contributed by atoms with E-state index in [0.717, 1.165) is 57.8 Å². The van der Waals surface area contributed by atoms with Crippen LogP contribution in [0.3, 0.4) is 0 Å². The summed E-state index contributed by atoms with van der Waals surface area (Å²) in [6, 6.07) is -0.723. The van der Waals surface area contributed by atoms with Crippen molar-refractivity contribution >= 4 is 17.9 Å². The predicted octanol–water partition coefficient (Wildman–Crippen LogP) is 12.1. The number of carboxylic acids is 1. The van der Waals surface area contributed by atoms with Gasteiger partial charge in [0, 0.05) is 19.3 Å². The SMILES string of the molecule is CCCC/C=C/CCCCCCC(=O)OCC(COCCC(C(=O)[O-])[N+](C)(C)C)OC(=O)CCCCCCCCCCCCCCCCCCCCCCCCC. The summed E-state index contributed by atoms with van der Waals surface area (Å²) in [5.74, 6) is -1.74. The maximum atomic E-state index is 12.7. The molecule has 0 amide bonds. The van der Waals surface area contributed by atoms with Gasteiger partial charge in [0.05, 0.1) is 40.3 Å². The molecule has 0 aromatic heterocycles. The minimum Gasteiger partial charge on any atom is -0.544 e. The molecule has 0 aromatic rings. The van der Waals surface area contributed by atoms with Crippen LogP contribution in [0.2, 0.25) is 0 Å². The van der Waals surface area contributed by atoms with Gasteiger partial charge in [0.25, 0.3) is 0 Å². The molecule has 0 aromatic carbocycles. The third kappa shape index (κ3) is 39.3. The molecule has 8 heteroatoms. The van der Waals surface area contributed by atoms with Crippen molar-refractivity contribution in [2.75, 3.05) is 41.0 Å². The summed E-state index contributed by atoms with van der Waals surface area (Å²) in [4.78, 5) is 36.8. The van der Waals surface area contributed by atoms with Gasteiger partial charge in [-0.05, 0) is 32.1 Å². The second-order valence-corrected chi connectivity index (χ2v) is 17.7. The Balaban J connectivity index is 4.13. The van der Waals surface area contributed by atoms with E-state index in [-0.39, 0.29) is 42.7 Å². The van der Waals surface area contributed by atoms with Gasteiger partial charge in [0.2, 0.25) is 0 Å². The number of carbonyl (C=O) groups is 3. The Bertz CT molecular complexity index is 947. The summed E-state index contributed by atoms with van der Waals surface area (Å²) in [5.41, 5.74) is 0. The van der Waals surface area contributed by atoms with Crippen LogP contribution in [-0.2, 0) is 28.6 Å². The smallest absolute Gasteiger partial charge is 0.306 e. The maximum absolute atomic E-state index is 12.7. The summed E-state index contributed by atoms with van der Waals surface area (Å²) >= 11 is 0. The van der Waals surface area contributed by atoms with Crippen LogP contribution in [0.25, 0.3) is 0 Å². The third-order valence-corrected chi connectivity index (χ3v) is 11.2. The number of esters is 2. The van der Waals surface area contributed by atoms with E-state index < -0.39 is 18.1 Å². The molecule has 0 fully saturated rings. The monoisotopic (exact) mass is 808 g/mol. The molecule has 2 unspecified atom stereocenters. The number of carbonyl (C=O) groups excluding carboxylic acids is 3. The van der Waals surface area contributed by atoms with Crippen LogP contribution in [0.1, 0.15) is 232 Å². The number of nitrogens with zero attached hydrogens (tertiary/aromatic N) is 1. The Morgan fingerprint density at radius 2 is 0.895 bits per heavy atom. The Morgan fingerprint density at radius 1 is 0.509 bits per heavy atom. The van der Waals surface area contributed by atoms with Crippen LogP contribution in [0.5, 0.6) is 0 Å². The molecule has 0 rings (SSSR count). The fourth-order valence-corrected chi connectivity index (χ4v) is 7.35. The number of likely N-dealkylation sites (N-methyl/N-ethyl adjacent to an activating group) is 1. The molecular weight excluding hydrogens is 715 g/mol. The first-order chi connectivity index (χ1) is 27.6. The van der Waals surface area contributed by atoms with Gasteiger partial charge in [-0.15, -0.1) is 0 Å². The largest absolute Gasteiger partial charge is 0.544 e. The van der Waals surface area contributed by atoms with E-state index in [2.05, 4.69) is 26.0 Å². The van der Waals surface area contributed by atoms with Crippen LogP contribution in [-0.4, -0.2) is 75.5 Å². The van der Waals surface area contributed by atoms with Crippen LogP contribution in [0, 0.1) is 0 Å². The topological polar surface area (TPSA) is 102 Å². The standard InChI is InChI=1S/C49H93NO7/c1-6-8-10-12-14-16-18-19-20-21-22-23-24-25-26-27-28-29-30-32-34-36-38-40-48(52)57-45(43-55-42-41-46(49(53)54)50(3,4)5)44-56-47(51)39-37-35-33-31-17-15-13-11-9-7-2/h13,15,45-46H,6-12,14,16-44H2,1-5H3/b15-13+. The predicted molar refractivity (Wildman–Crippen MR) is 236 cm³/mol. The molecule has 0 aliphatic rings. The van der Waals surface area contributed by atoms with Crippen LogP contribution in [0.15, 0.2) is 12.2 Å². The second kappa shape index (κ2) is 40.8. The number of allylic oxidation sites excluding steroid dienone is 2. The average molecular weight is 808 g/mol. The molecule has 336 valence electrons. The Hall–Kier alpha value is -1.93. The van der Waals surface area contributed by atoms with Crippen molar-refractivity contribution in [1.29, 1.82) is 0 Å². The number of hydrogen-bond acceptors (Lipinski definition) is 7. The number of ether oxygens (including phenoxy) is 3. The molecule has 0 radical (unpaired) electrons. The molecule has 0 saturated heterocycles. The zero-order valence-electron chi connectivity index (χ0n) is 38.3. The second-order valence-electron chi connectivity index (χ2n) is 17.7. The molecule has 0 aliphatic heterocycles. The summed E-state index contributed by atoms with van der Waals surface area (Å²) in [6.45, 7) is 4.64. The molecule has 8 nitrogen and oxygen atoms in total. The van der Waals surface area contributed by atoms with Gasteiger partial charge in [-0.25, -0.2) is 0 Å². The van der Waals surface area contributed by atoms with Crippen molar-refractivity contribution in [3.63, 3.8) is 0 Å². The molecule has 2 atom stereocenters. The number of rotatable bonds is 44. The first kappa shape index (κ1) is 55.1. The minimum atomic E-state index is -1.12. The highest BCUT2D eigenvalue weighted by atomic mass is 16.6. The van der Waals surface area contributed by atoms with E-state index in [1.807, 2.05) is 0 Å². The number of quaternary nitrogens is 1. The van der Waals surface area contributed by atoms with Crippen molar-refractivity contribution in [3.8, 4) is 0 Å². The van der Waals surface area contributed by atoms with E-state index in [1.54, 1.807) is 21.1 Å². The first-order valence-corrected chi connectivity index (χ1v) is 24.2.